The molecule has 5 aliphatic rings. The molecule has 2 aromatic carbocycles. The number of carbonyl (C=O) groups excluding carboxylic acids is 3. The Hall–Kier alpha value is -6.41. The smallest absolute Gasteiger partial charge is 0.411 e. The molecule has 23 nitrogen and oxygen atoms in total. The van der Waals surface area contributed by atoms with E-state index in [-0.39, 0.29) is 67.0 Å². The third kappa shape index (κ3) is 9.03. The Balaban J connectivity index is 0.982. The molecule has 368 valence electrons. The van der Waals surface area contributed by atoms with Gasteiger partial charge in [-0.3, -0.25) is 14.5 Å². The van der Waals surface area contributed by atoms with Gasteiger partial charge in [0.2, 0.25) is 19.0 Å². The zero-order valence-electron chi connectivity index (χ0n) is 37.5. The zero-order chi connectivity index (χ0) is 49.1. The highest BCUT2D eigenvalue weighted by Crippen LogP contribution is 2.51. The third-order valence-corrected chi connectivity index (χ3v) is 13.6. The average Bonchev–Trinajstić information content (AvgIpc) is 3.93. The number of esters is 1. The van der Waals surface area contributed by atoms with Gasteiger partial charge in [-0.1, -0.05) is 13.0 Å². The minimum atomic E-state index is -3.68. The van der Waals surface area contributed by atoms with E-state index in [0.717, 1.165) is 40.5 Å². The van der Waals surface area contributed by atoms with Crippen LogP contribution in [0.3, 0.4) is 0 Å². The first-order valence-electron chi connectivity index (χ1n) is 22.0. The zero-order valence-corrected chi connectivity index (χ0v) is 38.3. The van der Waals surface area contributed by atoms with E-state index in [1.165, 1.54) is 25.2 Å². The van der Waals surface area contributed by atoms with Crippen molar-refractivity contribution in [2.45, 2.75) is 88.2 Å². The van der Waals surface area contributed by atoms with Crippen molar-refractivity contribution in [3.8, 4) is 28.6 Å². The highest BCUT2D eigenvalue weighted by Gasteiger charge is 2.50. The molecule has 0 spiro atoms. The summed E-state index contributed by atoms with van der Waals surface area (Å²) in [6.45, 7) is -0.188. The number of nitrogens with one attached hydrogen (secondary N) is 2. The summed E-state index contributed by atoms with van der Waals surface area (Å²) in [5.41, 5.74) is 1.85. The van der Waals surface area contributed by atoms with Crippen molar-refractivity contribution in [1.82, 2.24) is 19.8 Å². The first kappa shape index (κ1) is 47.6. The Morgan fingerprint density at radius 1 is 1.00 bits per heavy atom. The lowest BCUT2D eigenvalue weighted by atomic mass is 9.85. The Bertz CT molecular complexity index is 2940. The number of aliphatic hydroxyl groups excluding tert-OH is 3. The van der Waals surface area contributed by atoms with Crippen molar-refractivity contribution in [1.29, 1.82) is 0 Å². The number of carboxylic acids is 1. The summed E-state index contributed by atoms with van der Waals surface area (Å²) < 4.78 is 66.2. The van der Waals surface area contributed by atoms with Crippen molar-refractivity contribution in [2.75, 3.05) is 51.0 Å². The summed E-state index contributed by atoms with van der Waals surface area (Å²) in [5, 5.41) is 46.6. The number of hydrogen-bond donors (Lipinski definition) is 6. The number of pyridine rings is 2. The van der Waals surface area contributed by atoms with Gasteiger partial charge < -0.3 is 68.8 Å². The maximum Gasteiger partial charge on any atom is 0.411 e. The molecule has 6 heterocycles. The second kappa shape index (κ2) is 18.5. The second-order valence-electron chi connectivity index (χ2n) is 17.4. The standard InChI is InChI=1S/C45H49N5O18S/c1-4-45(26-13-29-35-24(16-50(29)40(55)25(26)18-62-43(45)58)34(22-6-7-22)23-12-31-32(65-20-64-31)14-27(23)48-35)66-19-49(9-10-69(3,60)61)44(59)63-17-21-5-8-30(28(11-21)47-33(51)15-46-2)67-42-38(54)36(52)37(53)39(68-42)41(56)57/h5,8,11-14,22,36-39,42,46,52-54H,4,6-7,9-10,15-20H2,1-3H3,(H,47,51)(H,56,57)/t36-,37-,38+,39-,42+,45-/m0/s1. The number of aliphatic carboxylic acids is 1. The molecule has 6 atom stereocenters. The first-order valence-corrected chi connectivity index (χ1v) is 24.1. The Labute approximate surface area is 392 Å². The number of benzene rings is 2. The molecule has 24 heteroatoms. The van der Waals surface area contributed by atoms with Crippen molar-refractivity contribution in [2.24, 2.45) is 0 Å². The monoisotopic (exact) mass is 979 g/mol. The van der Waals surface area contributed by atoms with Crippen LogP contribution >= 0.6 is 0 Å². The second-order valence-corrected chi connectivity index (χ2v) is 19.7. The van der Waals surface area contributed by atoms with Crippen molar-refractivity contribution < 1.29 is 81.2 Å². The van der Waals surface area contributed by atoms with Gasteiger partial charge in [0.1, 0.15) is 53.8 Å². The number of aliphatic hydroxyl groups is 3. The van der Waals surface area contributed by atoms with Gasteiger partial charge in [0.25, 0.3) is 5.56 Å². The number of fused-ring (bicyclic) bond motifs is 6. The molecular weight excluding hydrogens is 931 g/mol. The largest absolute Gasteiger partial charge is 0.479 e. The molecule has 2 fully saturated rings. The number of amides is 2. The van der Waals surface area contributed by atoms with E-state index in [0.29, 0.717) is 28.4 Å². The summed E-state index contributed by atoms with van der Waals surface area (Å²) in [5.74, 6) is -2.33. The summed E-state index contributed by atoms with van der Waals surface area (Å²) in [4.78, 5) is 72.6. The van der Waals surface area contributed by atoms with Gasteiger partial charge >= 0.3 is 18.0 Å². The van der Waals surface area contributed by atoms with Gasteiger partial charge in [-0.05, 0) is 67.6 Å². The maximum atomic E-state index is 14.4. The number of anilines is 1. The van der Waals surface area contributed by atoms with Crippen LogP contribution in [0.4, 0.5) is 10.5 Å². The molecule has 0 bridgehead atoms. The molecule has 1 saturated heterocycles. The lowest BCUT2D eigenvalue weighted by Crippen LogP contribution is -2.61. The Morgan fingerprint density at radius 3 is 2.45 bits per heavy atom. The van der Waals surface area contributed by atoms with Gasteiger partial charge in [-0.25, -0.2) is 27.8 Å². The normalized spacial score (nSPS) is 23.4. The van der Waals surface area contributed by atoms with Gasteiger partial charge in [-0.15, -0.1) is 0 Å². The van der Waals surface area contributed by atoms with E-state index in [4.69, 9.17) is 38.1 Å². The fourth-order valence-corrected chi connectivity index (χ4v) is 9.52. The molecule has 2 amide bonds. The molecule has 9 rings (SSSR count). The third-order valence-electron chi connectivity index (χ3n) is 12.7. The first-order chi connectivity index (χ1) is 32.9. The number of carboxylic acid groups (broad SMARTS) is 1. The van der Waals surface area contributed by atoms with E-state index < -0.39 is 101 Å². The van der Waals surface area contributed by atoms with Crippen LogP contribution in [-0.4, -0.2) is 144 Å². The fourth-order valence-electron chi connectivity index (χ4n) is 8.97. The molecule has 1 saturated carbocycles. The summed E-state index contributed by atoms with van der Waals surface area (Å²) in [6, 6.07) is 9.44. The minimum Gasteiger partial charge on any atom is -0.479 e. The lowest BCUT2D eigenvalue weighted by Gasteiger charge is -2.38. The quantitative estimate of drug-likeness (QED) is 0.0588. The average molecular weight is 980 g/mol. The SMILES string of the molecule is CC[C@@]1(OCN(CCS(C)(=O)=O)C(=O)OCc2ccc(O[C@@H]3O[C@H](C(=O)O)[C@@H](O)[C@H](O)[C@H]3O)c(NC(=O)CNC)c2)C(=O)OCc2c1cc1n(c2=O)Cc2c-1nc1cc3c(cc1c2C1CC1)OCO3. The van der Waals surface area contributed by atoms with Gasteiger partial charge in [-0.2, -0.15) is 0 Å². The molecule has 1 aliphatic carbocycles. The molecule has 2 aromatic heterocycles. The summed E-state index contributed by atoms with van der Waals surface area (Å²) >= 11 is 0. The van der Waals surface area contributed by atoms with E-state index in [2.05, 4.69) is 10.6 Å². The minimum absolute atomic E-state index is 0.0620. The van der Waals surface area contributed by atoms with Gasteiger partial charge in [0.05, 0.1) is 47.0 Å². The number of rotatable bonds is 16. The van der Waals surface area contributed by atoms with Crippen LogP contribution in [0, 0.1) is 0 Å². The number of ether oxygens (including phenoxy) is 7. The van der Waals surface area contributed by atoms with Crippen molar-refractivity contribution in [3.63, 3.8) is 0 Å². The van der Waals surface area contributed by atoms with Gasteiger partial charge in [0.15, 0.2) is 23.2 Å². The van der Waals surface area contributed by atoms with E-state index in [9.17, 15) is 52.8 Å². The summed E-state index contributed by atoms with van der Waals surface area (Å²) in [7, 11) is -2.16. The number of likely N-dealkylation sites (N-methyl/N-ethyl adjacent to an activating group) is 1. The topological polar surface area (TPSA) is 310 Å². The van der Waals surface area contributed by atoms with E-state index in [1.54, 1.807) is 17.6 Å². The molecule has 0 unspecified atom stereocenters. The van der Waals surface area contributed by atoms with Crippen LogP contribution in [0.25, 0.3) is 22.3 Å². The number of sulfone groups is 1. The van der Waals surface area contributed by atoms with Crippen molar-refractivity contribution >= 4 is 50.4 Å². The Morgan fingerprint density at radius 2 is 1.75 bits per heavy atom. The maximum absolute atomic E-state index is 14.4. The number of nitrogens with zero attached hydrogens (tertiary/aromatic N) is 3. The van der Waals surface area contributed by atoms with Crippen LogP contribution in [0.5, 0.6) is 17.2 Å². The van der Waals surface area contributed by atoms with Crippen LogP contribution in [0.2, 0.25) is 0 Å². The highest BCUT2D eigenvalue weighted by molar-refractivity contribution is 7.90. The van der Waals surface area contributed by atoms with Crippen LogP contribution in [0.1, 0.15) is 59.9 Å². The number of cyclic esters (lactones) is 1. The fraction of sp³-hybridized carbons (Fsp3) is 0.467. The van der Waals surface area contributed by atoms with E-state index >= 15 is 0 Å². The lowest BCUT2D eigenvalue weighted by molar-refractivity contribution is -0.271. The number of hydrogen-bond acceptors (Lipinski definition) is 19. The van der Waals surface area contributed by atoms with Crippen LogP contribution < -0.4 is 30.4 Å². The molecule has 4 aromatic rings. The predicted molar refractivity (Wildman–Crippen MR) is 237 cm³/mol. The van der Waals surface area contributed by atoms with E-state index in [1.807, 2.05) is 12.1 Å². The number of aromatic nitrogens is 2. The Kier molecular flexibility index (Phi) is 12.8. The van der Waals surface area contributed by atoms with Crippen molar-refractivity contribution in [3.05, 3.63) is 74.6 Å². The predicted octanol–water partition coefficient (Wildman–Crippen LogP) is 0.780. The molecule has 0 radical (unpaired) electrons. The van der Waals surface area contributed by atoms with Gasteiger partial charge in [0, 0.05) is 35.4 Å². The van der Waals surface area contributed by atoms with Crippen LogP contribution in [0.15, 0.2) is 41.2 Å². The molecule has 69 heavy (non-hydrogen) atoms. The molecular formula is C45H49N5O18S. The molecule has 6 N–H and O–H groups in total. The van der Waals surface area contributed by atoms with Crippen LogP contribution in [-0.2, 0) is 68.5 Å². The highest BCUT2D eigenvalue weighted by atomic mass is 32.2. The summed E-state index contributed by atoms with van der Waals surface area (Å²) in [6.07, 6.45) is -7.91. The number of carbonyl (C=O) groups is 4. The molecule has 4 aliphatic heterocycles.